The summed E-state index contributed by atoms with van der Waals surface area (Å²) in [5, 5.41) is 0.718. The van der Waals surface area contributed by atoms with E-state index in [9.17, 15) is 14.4 Å². The van der Waals surface area contributed by atoms with Crippen LogP contribution in [0.15, 0.2) is 29.4 Å². The van der Waals surface area contributed by atoms with Gasteiger partial charge in [-0.1, -0.05) is 23.9 Å². The van der Waals surface area contributed by atoms with Crippen molar-refractivity contribution in [2.45, 2.75) is 51.4 Å². The van der Waals surface area contributed by atoms with E-state index >= 15 is 0 Å². The lowest BCUT2D eigenvalue weighted by atomic mass is 9.97. The summed E-state index contributed by atoms with van der Waals surface area (Å²) in [7, 11) is 0. The van der Waals surface area contributed by atoms with E-state index in [4.69, 9.17) is 9.72 Å². The van der Waals surface area contributed by atoms with Crippen molar-refractivity contribution in [1.29, 1.82) is 0 Å². The Morgan fingerprint density at radius 2 is 1.71 bits per heavy atom. The summed E-state index contributed by atoms with van der Waals surface area (Å²) in [5.41, 5.74) is 3.72. The first kappa shape index (κ1) is 27.9. The number of thioether (sulfide) groups is 1. The van der Waals surface area contributed by atoms with Crippen molar-refractivity contribution in [1.82, 2.24) is 19.8 Å². The molecule has 0 N–H and O–H groups in total. The lowest BCUT2D eigenvalue weighted by Gasteiger charge is -2.35. The standard InChI is InChI=1S/C28H37N5O4S/c1-5-37-27(36)24-7-6-12-33(17-24)26(35)23-10-8-22(9-11-23)18-38-28-29-20(3)19(2)25(30-28)32-15-13-31(14-16-32)21(4)34/h8-11,24H,5-7,12-18H2,1-4H3/t24-/m0/s1. The number of benzene rings is 1. The topological polar surface area (TPSA) is 95.9 Å². The molecule has 0 saturated carbocycles. The number of aryl methyl sites for hydroxylation is 1. The number of nitrogens with zero attached hydrogens (tertiary/aromatic N) is 5. The van der Waals surface area contributed by atoms with Crippen molar-refractivity contribution < 1.29 is 19.1 Å². The van der Waals surface area contributed by atoms with Crippen LogP contribution >= 0.6 is 11.8 Å². The van der Waals surface area contributed by atoms with Gasteiger partial charge in [0.1, 0.15) is 5.82 Å². The molecular weight excluding hydrogens is 502 g/mol. The minimum atomic E-state index is -0.246. The van der Waals surface area contributed by atoms with Crippen LogP contribution in [0, 0.1) is 19.8 Å². The predicted octanol–water partition coefficient (Wildman–Crippen LogP) is 3.47. The van der Waals surface area contributed by atoms with E-state index in [-0.39, 0.29) is 23.7 Å². The number of aromatic nitrogens is 2. The molecule has 1 aromatic heterocycles. The first-order valence-corrected chi connectivity index (χ1v) is 14.3. The molecule has 2 amide bonds. The molecule has 2 aliphatic rings. The van der Waals surface area contributed by atoms with Crippen LogP contribution in [0.1, 0.15) is 53.9 Å². The van der Waals surface area contributed by atoms with Crippen LogP contribution in [0.25, 0.3) is 0 Å². The predicted molar refractivity (Wildman–Crippen MR) is 147 cm³/mol. The largest absolute Gasteiger partial charge is 0.466 e. The molecule has 1 aromatic carbocycles. The van der Waals surface area contributed by atoms with Crippen molar-refractivity contribution in [2.75, 3.05) is 50.8 Å². The van der Waals surface area contributed by atoms with Crippen molar-refractivity contribution in [3.05, 3.63) is 46.6 Å². The summed E-state index contributed by atoms with van der Waals surface area (Å²) < 4.78 is 5.16. The number of carbonyl (C=O) groups excluding carboxylic acids is 3. The third-order valence-corrected chi connectivity index (χ3v) is 8.18. The van der Waals surface area contributed by atoms with E-state index in [0.29, 0.717) is 44.1 Å². The fourth-order valence-corrected chi connectivity index (χ4v) is 5.72. The highest BCUT2D eigenvalue weighted by atomic mass is 32.2. The lowest BCUT2D eigenvalue weighted by Crippen LogP contribution is -2.48. The Bertz CT molecular complexity index is 1160. The summed E-state index contributed by atoms with van der Waals surface area (Å²) >= 11 is 1.57. The number of ether oxygens (including phenoxy) is 1. The fourth-order valence-electron chi connectivity index (χ4n) is 4.88. The van der Waals surface area contributed by atoms with Crippen LogP contribution in [-0.4, -0.2) is 83.4 Å². The number of rotatable bonds is 7. The van der Waals surface area contributed by atoms with Gasteiger partial charge in [-0.05, 0) is 51.3 Å². The van der Waals surface area contributed by atoms with E-state index in [1.165, 1.54) is 0 Å². The van der Waals surface area contributed by atoms with Crippen LogP contribution in [0.4, 0.5) is 5.82 Å². The average molecular weight is 540 g/mol. The number of carbonyl (C=O) groups is 3. The quantitative estimate of drug-likeness (QED) is 0.300. The Morgan fingerprint density at radius 1 is 1.00 bits per heavy atom. The van der Waals surface area contributed by atoms with Gasteiger partial charge in [0, 0.05) is 68.8 Å². The lowest BCUT2D eigenvalue weighted by molar-refractivity contribution is -0.149. The highest BCUT2D eigenvalue weighted by molar-refractivity contribution is 7.98. The maximum atomic E-state index is 13.1. The Hall–Kier alpha value is -3.14. The Labute approximate surface area is 228 Å². The second kappa shape index (κ2) is 12.6. The van der Waals surface area contributed by atoms with Gasteiger partial charge in [0.2, 0.25) is 5.91 Å². The highest BCUT2D eigenvalue weighted by Crippen LogP contribution is 2.27. The van der Waals surface area contributed by atoms with Gasteiger partial charge in [-0.2, -0.15) is 0 Å². The van der Waals surface area contributed by atoms with Gasteiger partial charge in [-0.25, -0.2) is 9.97 Å². The fraction of sp³-hybridized carbons (Fsp3) is 0.536. The molecule has 2 aliphatic heterocycles. The van der Waals surface area contributed by atoms with Gasteiger partial charge in [0.15, 0.2) is 5.16 Å². The molecule has 0 radical (unpaired) electrons. The van der Waals surface area contributed by atoms with Crippen LogP contribution in [0.3, 0.4) is 0 Å². The molecule has 3 heterocycles. The van der Waals surface area contributed by atoms with Gasteiger partial charge < -0.3 is 19.4 Å². The van der Waals surface area contributed by atoms with E-state index in [1.807, 2.05) is 43.0 Å². The van der Waals surface area contributed by atoms with E-state index < -0.39 is 0 Å². The minimum Gasteiger partial charge on any atom is -0.466 e. The third-order valence-electron chi connectivity index (χ3n) is 7.26. The van der Waals surface area contributed by atoms with Gasteiger partial charge in [0.05, 0.1) is 12.5 Å². The Kier molecular flexibility index (Phi) is 9.25. The van der Waals surface area contributed by atoms with E-state index in [2.05, 4.69) is 9.88 Å². The number of likely N-dealkylation sites (tertiary alicyclic amines) is 1. The number of hydrogen-bond donors (Lipinski definition) is 0. The Morgan fingerprint density at radius 3 is 2.37 bits per heavy atom. The highest BCUT2D eigenvalue weighted by Gasteiger charge is 2.30. The normalized spacial score (nSPS) is 17.9. The Balaban J connectivity index is 1.36. The first-order valence-electron chi connectivity index (χ1n) is 13.3. The van der Waals surface area contributed by atoms with Crippen molar-refractivity contribution in [3.8, 4) is 0 Å². The molecule has 4 rings (SSSR count). The molecule has 38 heavy (non-hydrogen) atoms. The zero-order chi connectivity index (χ0) is 27.2. The van der Waals surface area contributed by atoms with Gasteiger partial charge in [-0.3, -0.25) is 14.4 Å². The molecule has 10 heteroatoms. The summed E-state index contributed by atoms with van der Waals surface area (Å²) in [4.78, 5) is 52.3. The number of piperidine rings is 1. The molecule has 2 fully saturated rings. The monoisotopic (exact) mass is 539 g/mol. The van der Waals surface area contributed by atoms with E-state index in [0.717, 1.165) is 53.7 Å². The van der Waals surface area contributed by atoms with Crippen LogP contribution < -0.4 is 4.90 Å². The molecule has 204 valence electrons. The average Bonchev–Trinajstić information content (AvgIpc) is 2.93. The maximum Gasteiger partial charge on any atom is 0.310 e. The number of esters is 1. The minimum absolute atomic E-state index is 0.0507. The third kappa shape index (κ3) is 6.64. The maximum absolute atomic E-state index is 13.1. The van der Waals surface area contributed by atoms with Crippen molar-refractivity contribution >= 4 is 35.4 Å². The summed E-state index contributed by atoms with van der Waals surface area (Å²) in [5.74, 6) is 1.22. The molecule has 0 bridgehead atoms. The number of anilines is 1. The molecule has 2 saturated heterocycles. The van der Waals surface area contributed by atoms with Gasteiger partial charge in [0.25, 0.3) is 5.91 Å². The van der Waals surface area contributed by atoms with Crippen molar-refractivity contribution in [2.24, 2.45) is 5.92 Å². The molecular formula is C28H37N5O4S. The van der Waals surface area contributed by atoms with Crippen LogP contribution in [0.2, 0.25) is 0 Å². The molecule has 1 atom stereocenters. The van der Waals surface area contributed by atoms with Gasteiger partial charge in [-0.15, -0.1) is 0 Å². The van der Waals surface area contributed by atoms with Gasteiger partial charge >= 0.3 is 5.97 Å². The molecule has 0 aliphatic carbocycles. The van der Waals surface area contributed by atoms with Crippen LogP contribution in [-0.2, 0) is 20.1 Å². The molecule has 0 spiro atoms. The first-order chi connectivity index (χ1) is 18.3. The SMILES string of the molecule is CCOC(=O)[C@H]1CCCN(C(=O)c2ccc(CSc3nc(C)c(C)c(N4CCN(C(C)=O)CC4)n3)cc2)C1. The molecule has 2 aromatic rings. The van der Waals surface area contributed by atoms with E-state index in [1.54, 1.807) is 30.5 Å². The smallest absolute Gasteiger partial charge is 0.310 e. The number of piperazine rings is 1. The molecule has 9 nitrogen and oxygen atoms in total. The molecule has 0 unspecified atom stereocenters. The number of amides is 2. The van der Waals surface area contributed by atoms with Crippen molar-refractivity contribution in [3.63, 3.8) is 0 Å². The second-order valence-corrected chi connectivity index (χ2v) is 10.8. The zero-order valence-corrected chi connectivity index (χ0v) is 23.6. The zero-order valence-electron chi connectivity index (χ0n) is 22.7. The summed E-state index contributed by atoms with van der Waals surface area (Å²) in [6, 6.07) is 7.65. The summed E-state index contributed by atoms with van der Waals surface area (Å²) in [6.45, 7) is 11.8. The second-order valence-electron chi connectivity index (χ2n) is 9.86. The van der Waals surface area contributed by atoms with Crippen LogP contribution in [0.5, 0.6) is 0 Å². The summed E-state index contributed by atoms with van der Waals surface area (Å²) in [6.07, 6.45) is 1.56. The number of hydrogen-bond acceptors (Lipinski definition) is 8.